The molecule has 4 rings (SSSR count). The molecule has 0 aliphatic carbocycles. The molecule has 1 unspecified atom stereocenters. The zero-order chi connectivity index (χ0) is 21.5. The molecule has 12 heteroatoms. The van der Waals surface area contributed by atoms with Crippen molar-refractivity contribution in [2.75, 3.05) is 20.2 Å². The van der Waals surface area contributed by atoms with Crippen molar-refractivity contribution >= 4 is 27.0 Å². The molecule has 1 N–H and O–H groups in total. The van der Waals surface area contributed by atoms with Crippen molar-refractivity contribution in [2.45, 2.75) is 24.1 Å². The van der Waals surface area contributed by atoms with Crippen LogP contribution in [0.25, 0.3) is 22.3 Å². The highest BCUT2D eigenvalue weighted by Crippen LogP contribution is 2.36. The molecule has 3 aromatic rings. The second-order valence-corrected chi connectivity index (χ2v) is 9.43. The van der Waals surface area contributed by atoms with Gasteiger partial charge >= 0.3 is 5.97 Å². The van der Waals surface area contributed by atoms with Gasteiger partial charge in [-0.2, -0.15) is 14.7 Å². The molecule has 1 saturated heterocycles. The van der Waals surface area contributed by atoms with Crippen LogP contribution >= 0.6 is 0 Å². The molecule has 30 heavy (non-hydrogen) atoms. The van der Waals surface area contributed by atoms with Crippen LogP contribution in [0.15, 0.2) is 31.0 Å². The van der Waals surface area contributed by atoms with Gasteiger partial charge in [0.2, 0.25) is 10.0 Å². The number of nitrogens with zero attached hydrogens (tertiary/aromatic N) is 6. The van der Waals surface area contributed by atoms with E-state index in [9.17, 15) is 18.5 Å². The fourth-order valence-electron chi connectivity index (χ4n) is 3.59. The third-order valence-electron chi connectivity index (χ3n) is 5.39. The van der Waals surface area contributed by atoms with Gasteiger partial charge in [-0.1, -0.05) is 0 Å². The molecule has 3 aromatic heterocycles. The summed E-state index contributed by atoms with van der Waals surface area (Å²) in [5.74, 6) is -0.826. The van der Waals surface area contributed by atoms with Crippen molar-refractivity contribution in [1.29, 1.82) is 5.26 Å². The Hall–Kier alpha value is -3.30. The van der Waals surface area contributed by atoms with E-state index >= 15 is 0 Å². The Labute approximate surface area is 172 Å². The minimum atomic E-state index is -3.89. The maximum Gasteiger partial charge on any atom is 0.325 e. The summed E-state index contributed by atoms with van der Waals surface area (Å²) in [7, 11) is -2.75. The van der Waals surface area contributed by atoms with Gasteiger partial charge in [0.25, 0.3) is 0 Å². The zero-order valence-corrected chi connectivity index (χ0v) is 17.1. The summed E-state index contributed by atoms with van der Waals surface area (Å²) in [5, 5.41) is 13.2. The molecule has 1 aliphatic rings. The van der Waals surface area contributed by atoms with Gasteiger partial charge in [-0.25, -0.2) is 18.4 Å². The Morgan fingerprint density at radius 3 is 2.90 bits per heavy atom. The second-order valence-electron chi connectivity index (χ2n) is 7.17. The minimum Gasteiger partial charge on any atom is -0.468 e. The van der Waals surface area contributed by atoms with Crippen LogP contribution in [0.3, 0.4) is 0 Å². The number of hydrogen-bond donors (Lipinski definition) is 1. The number of sulfonamides is 1. The topological polar surface area (TPSA) is 147 Å². The number of hydrogen-bond acceptors (Lipinski definition) is 8. The Balaban J connectivity index is 1.63. The predicted molar refractivity (Wildman–Crippen MR) is 105 cm³/mol. The zero-order valence-electron chi connectivity index (χ0n) is 16.3. The molecule has 0 radical (unpaired) electrons. The fourth-order valence-corrected chi connectivity index (χ4v) is 5.22. The van der Waals surface area contributed by atoms with E-state index in [1.54, 1.807) is 23.3 Å². The first-order valence-electron chi connectivity index (χ1n) is 9.10. The number of nitriles is 1. The molecule has 11 nitrogen and oxygen atoms in total. The number of H-pyrrole nitrogens is 1. The molecule has 1 fully saturated rings. The largest absolute Gasteiger partial charge is 0.468 e. The molecule has 0 amide bonds. The lowest BCUT2D eigenvalue weighted by Crippen LogP contribution is -2.65. The van der Waals surface area contributed by atoms with Crippen LogP contribution in [0.5, 0.6) is 0 Å². The quantitative estimate of drug-likeness (QED) is 0.561. The maximum atomic E-state index is 12.7. The molecule has 0 saturated carbocycles. The number of ether oxygens (including phenoxy) is 1. The third kappa shape index (κ3) is 3.03. The number of aromatic amines is 1. The fraction of sp³-hybridized carbons (Fsp3) is 0.389. The van der Waals surface area contributed by atoms with Gasteiger partial charge in [0.15, 0.2) is 5.25 Å². The number of nitrogens with one attached hydrogen (secondary N) is 1. The summed E-state index contributed by atoms with van der Waals surface area (Å²) in [4.78, 5) is 23.2. The average molecular weight is 429 g/mol. The van der Waals surface area contributed by atoms with Crippen LogP contribution in [0.2, 0.25) is 0 Å². The second kappa shape index (κ2) is 7.19. The number of aromatic nitrogens is 5. The van der Waals surface area contributed by atoms with E-state index in [0.717, 1.165) is 18.1 Å². The first-order chi connectivity index (χ1) is 14.3. The van der Waals surface area contributed by atoms with Crippen molar-refractivity contribution in [2.24, 2.45) is 0 Å². The highest BCUT2D eigenvalue weighted by molar-refractivity contribution is 7.90. The van der Waals surface area contributed by atoms with E-state index in [0.29, 0.717) is 11.3 Å². The van der Waals surface area contributed by atoms with Crippen LogP contribution in [-0.2, 0) is 25.1 Å². The van der Waals surface area contributed by atoms with Crippen LogP contribution in [-0.4, -0.2) is 68.9 Å². The van der Waals surface area contributed by atoms with Crippen LogP contribution in [0.1, 0.15) is 13.3 Å². The third-order valence-corrected chi connectivity index (χ3v) is 7.45. The van der Waals surface area contributed by atoms with E-state index in [1.165, 1.54) is 17.6 Å². The van der Waals surface area contributed by atoms with Crippen molar-refractivity contribution in [3.63, 3.8) is 0 Å². The van der Waals surface area contributed by atoms with Gasteiger partial charge in [0.1, 0.15) is 17.5 Å². The lowest BCUT2D eigenvalue weighted by Gasteiger charge is -2.48. The maximum absolute atomic E-state index is 12.7. The van der Waals surface area contributed by atoms with Gasteiger partial charge < -0.3 is 9.72 Å². The standard InChI is InChI=1S/C18H19N7O4S/c1-12(17(26)29-2)30(27,28)24-9-18(10-24,4-5-19)25-8-13(7-23-25)15-14-3-6-20-16(14)22-11-21-15/h3,6-8,11-12H,4,9-10H2,1-2H3,(H,20,21,22). The van der Waals surface area contributed by atoms with Gasteiger partial charge in [-0.3, -0.25) is 9.48 Å². The van der Waals surface area contributed by atoms with Gasteiger partial charge in [-0.15, -0.1) is 0 Å². The SMILES string of the molecule is COC(=O)C(C)S(=O)(=O)N1CC(CC#N)(n2cc(-c3ncnc4[nH]ccc34)cn2)C1. The summed E-state index contributed by atoms with van der Waals surface area (Å²) < 4.78 is 32.7. The number of esters is 1. The summed E-state index contributed by atoms with van der Waals surface area (Å²) >= 11 is 0. The predicted octanol–water partition coefficient (Wildman–Crippen LogP) is 0.637. The number of carbonyl (C=O) groups is 1. The number of rotatable bonds is 6. The molecule has 0 spiro atoms. The van der Waals surface area contributed by atoms with Crippen LogP contribution < -0.4 is 0 Å². The van der Waals surface area contributed by atoms with E-state index in [4.69, 9.17) is 0 Å². The average Bonchev–Trinajstić information content (AvgIpc) is 3.38. The number of carbonyl (C=O) groups excluding carboxylic acids is 1. The van der Waals surface area contributed by atoms with Gasteiger partial charge in [-0.05, 0) is 13.0 Å². The van der Waals surface area contributed by atoms with Crippen molar-refractivity contribution in [3.8, 4) is 17.3 Å². The Bertz CT molecular complexity index is 1250. The summed E-state index contributed by atoms with van der Waals surface area (Å²) in [5.41, 5.74) is 1.28. The molecule has 156 valence electrons. The van der Waals surface area contributed by atoms with Gasteiger partial charge in [0.05, 0.1) is 31.5 Å². The molecule has 0 bridgehead atoms. The molecule has 4 heterocycles. The molecule has 1 aliphatic heterocycles. The first kappa shape index (κ1) is 20.0. The first-order valence-corrected chi connectivity index (χ1v) is 10.6. The highest BCUT2D eigenvalue weighted by atomic mass is 32.2. The Morgan fingerprint density at radius 2 is 2.20 bits per heavy atom. The van der Waals surface area contributed by atoms with E-state index in [-0.39, 0.29) is 19.5 Å². The highest BCUT2D eigenvalue weighted by Gasteiger charge is 2.52. The summed E-state index contributed by atoms with van der Waals surface area (Å²) in [6, 6.07) is 3.97. The smallest absolute Gasteiger partial charge is 0.325 e. The van der Waals surface area contributed by atoms with E-state index in [1.807, 2.05) is 6.07 Å². The van der Waals surface area contributed by atoms with E-state index in [2.05, 4.69) is 30.9 Å². The molecular weight excluding hydrogens is 410 g/mol. The Kier molecular flexibility index (Phi) is 4.79. The monoisotopic (exact) mass is 429 g/mol. The molecular formula is C18H19N7O4S. The van der Waals surface area contributed by atoms with Crippen LogP contribution in [0, 0.1) is 11.3 Å². The van der Waals surface area contributed by atoms with Crippen LogP contribution in [0.4, 0.5) is 0 Å². The Morgan fingerprint density at radius 1 is 1.43 bits per heavy atom. The van der Waals surface area contributed by atoms with Crippen molar-refractivity contribution < 1.29 is 17.9 Å². The summed E-state index contributed by atoms with van der Waals surface area (Å²) in [6.07, 6.45) is 6.65. The van der Waals surface area contributed by atoms with Crippen molar-refractivity contribution in [1.82, 2.24) is 29.0 Å². The lowest BCUT2D eigenvalue weighted by atomic mass is 9.89. The van der Waals surface area contributed by atoms with Crippen molar-refractivity contribution in [3.05, 3.63) is 31.0 Å². The molecule has 1 atom stereocenters. The minimum absolute atomic E-state index is 0.0364. The summed E-state index contributed by atoms with van der Waals surface area (Å²) in [6.45, 7) is 1.36. The van der Waals surface area contributed by atoms with E-state index < -0.39 is 26.8 Å². The molecule has 0 aromatic carbocycles. The normalized spacial score (nSPS) is 17.2. The lowest BCUT2D eigenvalue weighted by molar-refractivity contribution is -0.139. The van der Waals surface area contributed by atoms with Gasteiger partial charge in [0, 0.05) is 36.4 Å². The number of methoxy groups -OCH3 is 1. The number of fused-ring (bicyclic) bond motifs is 1.